The summed E-state index contributed by atoms with van der Waals surface area (Å²) in [6, 6.07) is 15.1. The molecule has 0 heterocycles. The van der Waals surface area contributed by atoms with Crippen molar-refractivity contribution in [2.24, 2.45) is 17.3 Å². The molecule has 0 spiro atoms. The lowest BCUT2D eigenvalue weighted by atomic mass is 9.71. The predicted octanol–water partition coefficient (Wildman–Crippen LogP) is 6.42. The lowest BCUT2D eigenvalue weighted by Gasteiger charge is -2.35. The molecule has 2 aromatic carbocycles. The first kappa shape index (κ1) is 23.9. The van der Waals surface area contributed by atoms with Gasteiger partial charge in [0, 0.05) is 0 Å². The van der Waals surface area contributed by atoms with Gasteiger partial charge in [0.2, 0.25) is 0 Å². The van der Waals surface area contributed by atoms with Crippen LogP contribution in [0.3, 0.4) is 0 Å². The minimum absolute atomic E-state index is 0.0487. The maximum atomic E-state index is 11.9. The molecule has 0 saturated heterocycles. The van der Waals surface area contributed by atoms with Crippen LogP contribution < -0.4 is 4.74 Å². The Labute approximate surface area is 205 Å². The molecule has 0 aliphatic heterocycles. The quantitative estimate of drug-likeness (QED) is 0.446. The molecule has 2 saturated carbocycles. The van der Waals surface area contributed by atoms with Gasteiger partial charge in [-0.2, -0.15) is 8.42 Å². The highest BCUT2D eigenvalue weighted by Crippen LogP contribution is 2.58. The summed E-state index contributed by atoms with van der Waals surface area (Å²) in [4.78, 5) is 0. The van der Waals surface area contributed by atoms with Crippen molar-refractivity contribution in [3.05, 3.63) is 64.7 Å². The van der Waals surface area contributed by atoms with Gasteiger partial charge < -0.3 is 4.74 Å². The lowest BCUT2D eigenvalue weighted by molar-refractivity contribution is 0.0569. The van der Waals surface area contributed by atoms with E-state index in [0.29, 0.717) is 24.4 Å². The van der Waals surface area contributed by atoms with Gasteiger partial charge in [0.15, 0.2) is 0 Å². The van der Waals surface area contributed by atoms with Crippen molar-refractivity contribution >= 4 is 10.1 Å². The number of benzene rings is 2. The van der Waals surface area contributed by atoms with Gasteiger partial charge in [0.05, 0.1) is 12.4 Å². The molecule has 0 N–H and O–H groups in total. The maximum absolute atomic E-state index is 11.9. The van der Waals surface area contributed by atoms with E-state index >= 15 is 0 Å². The molecule has 3 aliphatic rings. The van der Waals surface area contributed by atoms with Crippen molar-refractivity contribution < 1.29 is 17.3 Å². The third kappa shape index (κ3) is 4.66. The molecule has 5 rings (SSSR count). The van der Waals surface area contributed by atoms with Gasteiger partial charge in [-0.1, -0.05) is 50.2 Å². The second-order valence-electron chi connectivity index (χ2n) is 11.0. The molecule has 5 unspecified atom stereocenters. The molecule has 3 aliphatic carbocycles. The fourth-order valence-corrected chi connectivity index (χ4v) is 7.83. The van der Waals surface area contributed by atoms with Crippen LogP contribution >= 0.6 is 0 Å². The summed E-state index contributed by atoms with van der Waals surface area (Å²) in [7, 11) is -3.44. The third-order valence-electron chi connectivity index (χ3n) is 9.01. The fraction of sp³-hybridized carbons (Fsp3) is 0.586. The van der Waals surface area contributed by atoms with Crippen LogP contribution in [0, 0.1) is 17.3 Å². The molecule has 34 heavy (non-hydrogen) atoms. The predicted molar refractivity (Wildman–Crippen MR) is 136 cm³/mol. The summed E-state index contributed by atoms with van der Waals surface area (Å²) in [6.07, 6.45) is 9.59. The van der Waals surface area contributed by atoms with Gasteiger partial charge in [0.25, 0.3) is 10.1 Å². The third-order valence-corrected chi connectivity index (χ3v) is 9.59. The molecule has 0 bridgehead atoms. The zero-order valence-corrected chi connectivity index (χ0v) is 21.6. The van der Waals surface area contributed by atoms with Crippen LogP contribution in [0.15, 0.2) is 42.5 Å². The van der Waals surface area contributed by atoms with Crippen molar-refractivity contribution in [1.82, 2.24) is 0 Å². The van der Waals surface area contributed by atoms with Crippen LogP contribution in [0.2, 0.25) is 0 Å². The van der Waals surface area contributed by atoms with Crippen molar-refractivity contribution in [3.8, 4) is 5.75 Å². The van der Waals surface area contributed by atoms with E-state index in [1.807, 2.05) is 6.07 Å². The molecule has 0 radical (unpaired) electrons. The maximum Gasteiger partial charge on any atom is 0.264 e. The van der Waals surface area contributed by atoms with Crippen molar-refractivity contribution in [3.63, 3.8) is 0 Å². The molecule has 5 atom stereocenters. The van der Waals surface area contributed by atoms with E-state index in [0.717, 1.165) is 44.3 Å². The first-order chi connectivity index (χ1) is 16.3. The number of hydrogen-bond acceptors (Lipinski definition) is 4. The largest absolute Gasteiger partial charge is 0.489 e. The fourth-order valence-electron chi connectivity index (χ4n) is 7.09. The average Bonchev–Trinajstić information content (AvgIpc) is 3.01. The Hall–Kier alpha value is -1.85. The minimum Gasteiger partial charge on any atom is -0.489 e. The van der Waals surface area contributed by atoms with E-state index in [2.05, 4.69) is 50.2 Å². The van der Waals surface area contributed by atoms with Gasteiger partial charge >= 0.3 is 0 Å². The Balaban J connectivity index is 1.38. The second kappa shape index (κ2) is 9.31. The topological polar surface area (TPSA) is 52.6 Å². The summed E-state index contributed by atoms with van der Waals surface area (Å²) in [5, 5.41) is 0. The summed E-state index contributed by atoms with van der Waals surface area (Å²) in [5.74, 6) is 2.81. The molecule has 5 heteroatoms. The van der Waals surface area contributed by atoms with Crippen LogP contribution in [0.4, 0.5) is 0 Å². The zero-order chi connectivity index (χ0) is 23.9. The van der Waals surface area contributed by atoms with Gasteiger partial charge in [-0.15, -0.1) is 0 Å². The highest BCUT2D eigenvalue weighted by atomic mass is 32.2. The Bertz CT molecular complexity index is 1130. The molecule has 184 valence electrons. The first-order valence-electron chi connectivity index (χ1n) is 13.0. The summed E-state index contributed by atoms with van der Waals surface area (Å²) in [6.45, 7) is 5.10. The van der Waals surface area contributed by atoms with Crippen molar-refractivity contribution in [2.45, 2.75) is 83.8 Å². The van der Waals surface area contributed by atoms with E-state index in [1.165, 1.54) is 41.4 Å². The normalized spacial score (nSPS) is 30.7. The average molecular weight is 483 g/mol. The van der Waals surface area contributed by atoms with E-state index in [9.17, 15) is 8.42 Å². The summed E-state index contributed by atoms with van der Waals surface area (Å²) >= 11 is 0. The summed E-state index contributed by atoms with van der Waals surface area (Å²) in [5.41, 5.74) is 5.40. The molecule has 4 nitrogen and oxygen atoms in total. The van der Waals surface area contributed by atoms with Crippen LogP contribution in [-0.4, -0.2) is 20.8 Å². The molecular formula is C29H38O4S. The lowest BCUT2D eigenvalue weighted by Crippen LogP contribution is -2.35. The van der Waals surface area contributed by atoms with Crippen molar-refractivity contribution in [2.75, 3.05) is 6.26 Å². The number of hydrogen-bond donors (Lipinski definition) is 0. The van der Waals surface area contributed by atoms with Gasteiger partial charge in [-0.05, 0) is 103 Å². The van der Waals surface area contributed by atoms with Crippen molar-refractivity contribution in [1.29, 1.82) is 0 Å². The van der Waals surface area contributed by atoms with E-state index in [1.54, 1.807) is 0 Å². The van der Waals surface area contributed by atoms with Gasteiger partial charge in [-0.25, -0.2) is 0 Å². The Morgan fingerprint density at radius 2 is 1.85 bits per heavy atom. The molecule has 2 fully saturated rings. The number of rotatable bonds is 6. The molecule has 0 amide bonds. The van der Waals surface area contributed by atoms with E-state index in [-0.39, 0.29) is 11.5 Å². The van der Waals surface area contributed by atoms with Gasteiger partial charge in [0.1, 0.15) is 12.4 Å². The first-order valence-corrected chi connectivity index (χ1v) is 14.8. The van der Waals surface area contributed by atoms with Crippen LogP contribution in [0.5, 0.6) is 5.75 Å². The van der Waals surface area contributed by atoms with Gasteiger partial charge in [-0.3, -0.25) is 4.18 Å². The monoisotopic (exact) mass is 482 g/mol. The molecule has 0 aromatic heterocycles. The number of aryl methyl sites for hydroxylation is 2. The second-order valence-corrected chi connectivity index (χ2v) is 12.6. The van der Waals surface area contributed by atoms with Crippen LogP contribution in [0.25, 0.3) is 0 Å². The summed E-state index contributed by atoms with van der Waals surface area (Å²) < 4.78 is 35.8. The molecule has 2 aromatic rings. The highest BCUT2D eigenvalue weighted by molar-refractivity contribution is 7.86. The van der Waals surface area contributed by atoms with E-state index < -0.39 is 10.1 Å². The van der Waals surface area contributed by atoms with E-state index in [4.69, 9.17) is 8.92 Å². The Kier molecular flexibility index (Phi) is 6.54. The highest BCUT2D eigenvalue weighted by Gasteiger charge is 2.52. The number of fused-ring (bicyclic) bond motifs is 4. The molecular weight excluding hydrogens is 444 g/mol. The SMILES string of the molecule is CCc1cc2c(cc1OCc1ccccc1)CCC1CC3CCC(OS(C)(=O)=O)C3(C)CCC21. The van der Waals surface area contributed by atoms with Crippen LogP contribution in [0.1, 0.15) is 80.5 Å². The van der Waals surface area contributed by atoms with Crippen LogP contribution in [-0.2, 0) is 33.7 Å². The smallest absolute Gasteiger partial charge is 0.264 e. The standard InChI is InChI=1S/C29H38O4S/c1-4-21-17-26-23(18-27(21)32-19-20-8-6-5-7-9-20)11-10-22-16-24-12-13-28(33-34(3,30)31)29(24,2)15-14-25(22)26/h5-9,17-18,22,24-25,28H,4,10-16,19H2,1-3H3. The Morgan fingerprint density at radius 3 is 2.59 bits per heavy atom. The minimum atomic E-state index is -3.44. The number of ether oxygens (including phenoxy) is 1. The zero-order valence-electron chi connectivity index (χ0n) is 20.8. The Morgan fingerprint density at radius 1 is 1.06 bits per heavy atom.